The molecule has 0 unspecified atom stereocenters. The van der Waals surface area contributed by atoms with Crippen molar-refractivity contribution >= 4 is 48.9 Å². The molecule has 0 saturated carbocycles. The first-order valence-corrected chi connectivity index (χ1v) is 11.8. The van der Waals surface area contributed by atoms with E-state index in [4.69, 9.17) is 4.74 Å². The zero-order valence-electron chi connectivity index (χ0n) is 14.9. The minimum Gasteiger partial charge on any atom is -0.492 e. The van der Waals surface area contributed by atoms with Crippen molar-refractivity contribution in [2.24, 2.45) is 0 Å². The summed E-state index contributed by atoms with van der Waals surface area (Å²) in [4.78, 5) is 13.0. The molecule has 0 aliphatic carbocycles. The normalized spacial score (nSPS) is 15.5. The largest absolute Gasteiger partial charge is 0.492 e. The molecule has 27 heavy (non-hydrogen) atoms. The minimum atomic E-state index is -3.68. The standard InChI is InChI=1S/C18H21BrN2O4S2/c1-2-25-14-7-6-13(20-18(22)15-8-9-17(19)26-15)12-16(14)27(23,24)21-10-4-3-5-11-21/h6-9,12H,2-5,10-11H2,1H3,(H,20,22). The number of halogens is 1. The van der Waals surface area contributed by atoms with Crippen LogP contribution >= 0.6 is 27.3 Å². The van der Waals surface area contributed by atoms with Crippen LogP contribution < -0.4 is 10.1 Å². The Hall–Kier alpha value is -1.42. The number of sulfonamides is 1. The predicted octanol–water partition coefficient (Wildman–Crippen LogP) is 4.34. The van der Waals surface area contributed by atoms with Gasteiger partial charge in [0.25, 0.3) is 5.91 Å². The number of rotatable bonds is 6. The van der Waals surface area contributed by atoms with Crippen molar-refractivity contribution in [3.05, 3.63) is 39.0 Å². The number of benzene rings is 1. The lowest BCUT2D eigenvalue weighted by Crippen LogP contribution is -2.35. The second-order valence-electron chi connectivity index (χ2n) is 6.12. The maximum atomic E-state index is 13.1. The molecule has 2 heterocycles. The van der Waals surface area contributed by atoms with Crippen LogP contribution in [0.5, 0.6) is 5.75 Å². The second kappa shape index (κ2) is 8.72. The maximum Gasteiger partial charge on any atom is 0.265 e. The van der Waals surface area contributed by atoms with Gasteiger partial charge in [-0.15, -0.1) is 11.3 Å². The molecule has 1 aromatic heterocycles. The van der Waals surface area contributed by atoms with Gasteiger partial charge in [-0.25, -0.2) is 8.42 Å². The van der Waals surface area contributed by atoms with Crippen molar-refractivity contribution in [1.82, 2.24) is 4.31 Å². The summed E-state index contributed by atoms with van der Waals surface area (Å²) in [5.41, 5.74) is 0.420. The molecule has 1 saturated heterocycles. The van der Waals surface area contributed by atoms with Crippen molar-refractivity contribution in [2.75, 3.05) is 25.0 Å². The van der Waals surface area contributed by atoms with Crippen LogP contribution in [0.1, 0.15) is 35.9 Å². The first kappa shape index (κ1) is 20.3. The summed E-state index contributed by atoms with van der Waals surface area (Å²) in [6.45, 7) is 3.18. The summed E-state index contributed by atoms with van der Waals surface area (Å²) in [6, 6.07) is 8.24. The highest BCUT2D eigenvalue weighted by atomic mass is 79.9. The summed E-state index contributed by atoms with van der Waals surface area (Å²) in [5.74, 6) is 0.0242. The Balaban J connectivity index is 1.91. The SMILES string of the molecule is CCOc1ccc(NC(=O)c2ccc(Br)s2)cc1S(=O)(=O)N1CCCCC1. The van der Waals surface area contributed by atoms with E-state index in [0.29, 0.717) is 36.0 Å². The van der Waals surface area contributed by atoms with E-state index < -0.39 is 10.0 Å². The molecular formula is C18H21BrN2O4S2. The van der Waals surface area contributed by atoms with E-state index in [2.05, 4.69) is 21.2 Å². The molecule has 2 aromatic rings. The van der Waals surface area contributed by atoms with Crippen LogP contribution in [0.3, 0.4) is 0 Å². The monoisotopic (exact) mass is 472 g/mol. The number of nitrogens with zero attached hydrogens (tertiary/aromatic N) is 1. The van der Waals surface area contributed by atoms with Crippen molar-refractivity contribution in [1.29, 1.82) is 0 Å². The highest BCUT2D eigenvalue weighted by molar-refractivity contribution is 9.11. The van der Waals surface area contributed by atoms with E-state index in [1.54, 1.807) is 24.3 Å². The molecule has 146 valence electrons. The summed E-state index contributed by atoms with van der Waals surface area (Å²) in [7, 11) is -3.68. The predicted molar refractivity (Wildman–Crippen MR) is 110 cm³/mol. The zero-order chi connectivity index (χ0) is 19.4. The van der Waals surface area contributed by atoms with Crippen LogP contribution in [0, 0.1) is 0 Å². The van der Waals surface area contributed by atoms with Crippen LogP contribution in [-0.4, -0.2) is 38.3 Å². The van der Waals surface area contributed by atoms with E-state index in [1.165, 1.54) is 21.7 Å². The fraction of sp³-hybridized carbons (Fsp3) is 0.389. The van der Waals surface area contributed by atoms with E-state index in [9.17, 15) is 13.2 Å². The Bertz CT molecular complexity index is 921. The van der Waals surface area contributed by atoms with Gasteiger partial charge in [-0.1, -0.05) is 6.42 Å². The van der Waals surface area contributed by atoms with Gasteiger partial charge in [0.1, 0.15) is 10.6 Å². The van der Waals surface area contributed by atoms with Crippen LogP contribution in [0.25, 0.3) is 0 Å². The molecule has 1 aliphatic rings. The number of thiophene rings is 1. The molecule has 9 heteroatoms. The molecule has 0 bridgehead atoms. The molecule has 0 atom stereocenters. The fourth-order valence-electron chi connectivity index (χ4n) is 2.94. The maximum absolute atomic E-state index is 13.1. The third-order valence-corrected chi connectivity index (χ3v) is 7.77. The number of nitrogens with one attached hydrogen (secondary N) is 1. The Morgan fingerprint density at radius 1 is 1.22 bits per heavy atom. The highest BCUT2D eigenvalue weighted by Gasteiger charge is 2.29. The number of hydrogen-bond donors (Lipinski definition) is 1. The lowest BCUT2D eigenvalue weighted by Gasteiger charge is -2.27. The molecule has 1 aromatic carbocycles. The van der Waals surface area contributed by atoms with Gasteiger partial charge in [-0.3, -0.25) is 4.79 Å². The third kappa shape index (κ3) is 4.71. The second-order valence-corrected chi connectivity index (χ2v) is 10.5. The van der Waals surface area contributed by atoms with Gasteiger partial charge >= 0.3 is 0 Å². The van der Waals surface area contributed by atoms with Crippen molar-refractivity contribution in [3.63, 3.8) is 0 Å². The van der Waals surface area contributed by atoms with E-state index in [1.807, 2.05) is 6.92 Å². The average Bonchev–Trinajstić information content (AvgIpc) is 3.10. The molecule has 3 rings (SSSR count). The number of piperidine rings is 1. The van der Waals surface area contributed by atoms with Gasteiger partial charge in [0, 0.05) is 18.8 Å². The van der Waals surface area contributed by atoms with E-state index >= 15 is 0 Å². The molecule has 0 radical (unpaired) electrons. The topological polar surface area (TPSA) is 75.7 Å². The lowest BCUT2D eigenvalue weighted by molar-refractivity contribution is 0.103. The number of carbonyl (C=O) groups excluding carboxylic acids is 1. The first-order valence-electron chi connectivity index (χ1n) is 8.75. The van der Waals surface area contributed by atoms with Gasteiger partial charge in [-0.05, 0) is 66.0 Å². The molecule has 0 spiro atoms. The third-order valence-electron chi connectivity index (χ3n) is 4.23. The van der Waals surface area contributed by atoms with Crippen LogP contribution in [0.4, 0.5) is 5.69 Å². The van der Waals surface area contributed by atoms with Gasteiger partial charge in [-0.2, -0.15) is 4.31 Å². The number of carbonyl (C=O) groups is 1. The molecule has 1 fully saturated rings. The number of amides is 1. The Kier molecular flexibility index (Phi) is 6.56. The quantitative estimate of drug-likeness (QED) is 0.678. The van der Waals surface area contributed by atoms with Crippen LogP contribution in [0.2, 0.25) is 0 Å². The van der Waals surface area contributed by atoms with Gasteiger partial charge in [0.15, 0.2) is 0 Å². The van der Waals surface area contributed by atoms with Gasteiger partial charge < -0.3 is 10.1 Å². The van der Waals surface area contributed by atoms with Gasteiger partial charge in [0.05, 0.1) is 15.3 Å². The zero-order valence-corrected chi connectivity index (χ0v) is 18.1. The highest BCUT2D eigenvalue weighted by Crippen LogP contribution is 2.32. The molecule has 1 amide bonds. The number of anilines is 1. The Morgan fingerprint density at radius 2 is 1.96 bits per heavy atom. The Labute approximate surface area is 171 Å². The summed E-state index contributed by atoms with van der Waals surface area (Å²) >= 11 is 4.64. The summed E-state index contributed by atoms with van der Waals surface area (Å²) in [6.07, 6.45) is 2.75. The number of hydrogen-bond acceptors (Lipinski definition) is 5. The minimum absolute atomic E-state index is 0.0939. The molecule has 6 nitrogen and oxygen atoms in total. The smallest absolute Gasteiger partial charge is 0.265 e. The molecule has 1 N–H and O–H groups in total. The summed E-state index contributed by atoms with van der Waals surface area (Å²) < 4.78 is 34.1. The van der Waals surface area contributed by atoms with Crippen molar-refractivity contribution < 1.29 is 17.9 Å². The van der Waals surface area contributed by atoms with Crippen molar-refractivity contribution in [2.45, 2.75) is 31.1 Å². The fourth-order valence-corrected chi connectivity index (χ4v) is 5.89. The molecular weight excluding hydrogens is 452 g/mol. The van der Waals surface area contributed by atoms with Crippen LogP contribution in [0.15, 0.2) is 39.0 Å². The molecule has 1 aliphatic heterocycles. The first-order chi connectivity index (χ1) is 12.9. The lowest BCUT2D eigenvalue weighted by atomic mass is 10.2. The van der Waals surface area contributed by atoms with E-state index in [-0.39, 0.29) is 10.8 Å². The average molecular weight is 473 g/mol. The van der Waals surface area contributed by atoms with Crippen molar-refractivity contribution in [3.8, 4) is 5.75 Å². The Morgan fingerprint density at radius 3 is 2.59 bits per heavy atom. The summed E-state index contributed by atoms with van der Waals surface area (Å²) in [5, 5.41) is 2.77. The van der Waals surface area contributed by atoms with Crippen LogP contribution in [-0.2, 0) is 10.0 Å². The number of ether oxygens (including phenoxy) is 1. The van der Waals surface area contributed by atoms with E-state index in [0.717, 1.165) is 23.0 Å². The van der Waals surface area contributed by atoms with Gasteiger partial charge in [0.2, 0.25) is 10.0 Å².